The Bertz CT molecular complexity index is 263. The van der Waals surface area contributed by atoms with Gasteiger partial charge in [-0.1, -0.05) is 13.8 Å². The summed E-state index contributed by atoms with van der Waals surface area (Å²) in [5.41, 5.74) is 0. The Morgan fingerprint density at radius 1 is 1.54 bits per heavy atom. The van der Waals surface area contributed by atoms with E-state index < -0.39 is 0 Å². The zero-order valence-electron chi connectivity index (χ0n) is 8.24. The lowest BCUT2D eigenvalue weighted by Gasteiger charge is -2.07. The molecule has 72 valence electrons. The summed E-state index contributed by atoms with van der Waals surface area (Å²) < 4.78 is 4.97. The van der Waals surface area contributed by atoms with E-state index in [1.165, 1.54) is 0 Å². The lowest BCUT2D eigenvalue weighted by Crippen LogP contribution is -2.10. The van der Waals surface area contributed by atoms with E-state index in [2.05, 4.69) is 29.1 Å². The van der Waals surface area contributed by atoms with E-state index in [9.17, 15) is 0 Å². The first-order valence-electron chi connectivity index (χ1n) is 4.33. The fraction of sp³-hybridized carbons (Fsp3) is 0.556. The Labute approximate surface area is 78.4 Å². The van der Waals surface area contributed by atoms with Gasteiger partial charge in [0.25, 0.3) is 0 Å². The van der Waals surface area contributed by atoms with Gasteiger partial charge >= 0.3 is 0 Å². The first kappa shape index (κ1) is 9.77. The zero-order valence-corrected chi connectivity index (χ0v) is 8.24. The molecule has 0 aliphatic rings. The van der Waals surface area contributed by atoms with Gasteiger partial charge < -0.3 is 10.1 Å². The van der Waals surface area contributed by atoms with Crippen molar-refractivity contribution in [3.63, 3.8) is 0 Å². The van der Waals surface area contributed by atoms with Crippen LogP contribution in [0.5, 0.6) is 5.88 Å². The van der Waals surface area contributed by atoms with E-state index in [0.717, 1.165) is 6.54 Å². The summed E-state index contributed by atoms with van der Waals surface area (Å²) in [6.45, 7) is 5.13. The standard InChI is InChI=1S/C9H15N3O/c1-7(2)6-11-9-10-5-4-8(12-9)13-3/h4-5,7H,6H2,1-3H3,(H,10,11,12). The highest BCUT2D eigenvalue weighted by Crippen LogP contribution is 2.07. The van der Waals surface area contributed by atoms with Crippen LogP contribution in [0.2, 0.25) is 0 Å². The quantitative estimate of drug-likeness (QED) is 0.765. The largest absolute Gasteiger partial charge is 0.481 e. The minimum absolute atomic E-state index is 0.579. The Hall–Kier alpha value is -1.32. The third kappa shape index (κ3) is 3.27. The van der Waals surface area contributed by atoms with Gasteiger partial charge in [0.2, 0.25) is 11.8 Å². The predicted molar refractivity (Wildman–Crippen MR) is 51.9 cm³/mol. The van der Waals surface area contributed by atoms with Crippen molar-refractivity contribution in [3.05, 3.63) is 12.3 Å². The molecule has 0 saturated heterocycles. The van der Waals surface area contributed by atoms with Crippen molar-refractivity contribution in [3.8, 4) is 5.88 Å². The highest BCUT2D eigenvalue weighted by atomic mass is 16.5. The second-order valence-corrected chi connectivity index (χ2v) is 3.20. The molecular weight excluding hydrogens is 166 g/mol. The number of hydrogen-bond donors (Lipinski definition) is 1. The molecular formula is C9H15N3O. The zero-order chi connectivity index (χ0) is 9.68. The van der Waals surface area contributed by atoms with Crippen LogP contribution in [-0.2, 0) is 0 Å². The lowest BCUT2D eigenvalue weighted by molar-refractivity contribution is 0.397. The van der Waals surface area contributed by atoms with Gasteiger partial charge in [-0.25, -0.2) is 4.98 Å². The first-order chi connectivity index (χ1) is 6.22. The molecule has 4 nitrogen and oxygen atoms in total. The number of aromatic nitrogens is 2. The number of methoxy groups -OCH3 is 1. The molecule has 0 atom stereocenters. The maximum absolute atomic E-state index is 4.97. The molecule has 1 heterocycles. The molecule has 0 bridgehead atoms. The summed E-state index contributed by atoms with van der Waals surface area (Å²) in [7, 11) is 1.59. The maximum atomic E-state index is 4.97. The smallest absolute Gasteiger partial charge is 0.225 e. The molecule has 1 N–H and O–H groups in total. The van der Waals surface area contributed by atoms with E-state index in [1.807, 2.05) is 0 Å². The highest BCUT2D eigenvalue weighted by Gasteiger charge is 1.98. The van der Waals surface area contributed by atoms with E-state index in [0.29, 0.717) is 17.7 Å². The summed E-state index contributed by atoms with van der Waals surface area (Å²) >= 11 is 0. The SMILES string of the molecule is COc1ccnc(NCC(C)C)n1. The molecule has 0 aromatic carbocycles. The van der Waals surface area contributed by atoms with Crippen LogP contribution in [0, 0.1) is 5.92 Å². The van der Waals surface area contributed by atoms with Gasteiger partial charge in [-0.15, -0.1) is 0 Å². The maximum Gasteiger partial charge on any atom is 0.225 e. The number of rotatable bonds is 4. The van der Waals surface area contributed by atoms with Crippen molar-refractivity contribution in [1.29, 1.82) is 0 Å². The Morgan fingerprint density at radius 2 is 2.31 bits per heavy atom. The molecule has 13 heavy (non-hydrogen) atoms. The van der Waals surface area contributed by atoms with Gasteiger partial charge in [-0.2, -0.15) is 4.98 Å². The molecule has 0 spiro atoms. The van der Waals surface area contributed by atoms with Crippen LogP contribution in [0.25, 0.3) is 0 Å². The van der Waals surface area contributed by atoms with Gasteiger partial charge in [0.05, 0.1) is 7.11 Å². The van der Waals surface area contributed by atoms with Crippen molar-refractivity contribution < 1.29 is 4.74 Å². The number of ether oxygens (including phenoxy) is 1. The molecule has 0 aliphatic heterocycles. The fourth-order valence-electron chi connectivity index (χ4n) is 0.836. The number of hydrogen-bond acceptors (Lipinski definition) is 4. The van der Waals surface area contributed by atoms with Crippen molar-refractivity contribution in [2.75, 3.05) is 19.0 Å². The van der Waals surface area contributed by atoms with Crippen LogP contribution in [-0.4, -0.2) is 23.6 Å². The van der Waals surface area contributed by atoms with Gasteiger partial charge in [-0.3, -0.25) is 0 Å². The van der Waals surface area contributed by atoms with Crippen molar-refractivity contribution >= 4 is 5.95 Å². The predicted octanol–water partition coefficient (Wildman–Crippen LogP) is 1.55. The average molecular weight is 181 g/mol. The molecule has 0 unspecified atom stereocenters. The van der Waals surface area contributed by atoms with Crippen LogP contribution >= 0.6 is 0 Å². The summed E-state index contributed by atoms with van der Waals surface area (Å²) in [6, 6.07) is 1.72. The fourth-order valence-corrected chi connectivity index (χ4v) is 0.836. The second-order valence-electron chi connectivity index (χ2n) is 3.20. The molecule has 0 fully saturated rings. The minimum atomic E-state index is 0.579. The topological polar surface area (TPSA) is 47.0 Å². The number of nitrogens with one attached hydrogen (secondary N) is 1. The molecule has 0 radical (unpaired) electrons. The summed E-state index contributed by atoms with van der Waals surface area (Å²) in [5.74, 6) is 1.78. The van der Waals surface area contributed by atoms with Gasteiger partial charge in [-0.05, 0) is 5.92 Å². The third-order valence-corrected chi connectivity index (χ3v) is 1.51. The highest BCUT2D eigenvalue weighted by molar-refractivity contribution is 5.27. The molecule has 0 aliphatic carbocycles. The van der Waals surface area contributed by atoms with Gasteiger partial charge in [0, 0.05) is 18.8 Å². The average Bonchev–Trinajstić information content (AvgIpc) is 2.15. The van der Waals surface area contributed by atoms with Gasteiger partial charge in [0.1, 0.15) is 0 Å². The van der Waals surface area contributed by atoms with Crippen molar-refractivity contribution in [1.82, 2.24) is 9.97 Å². The second kappa shape index (κ2) is 4.64. The molecule has 1 rings (SSSR count). The first-order valence-corrected chi connectivity index (χ1v) is 4.33. The van der Waals surface area contributed by atoms with Crippen molar-refractivity contribution in [2.24, 2.45) is 5.92 Å². The number of anilines is 1. The van der Waals surface area contributed by atoms with Gasteiger partial charge in [0.15, 0.2) is 0 Å². The van der Waals surface area contributed by atoms with E-state index in [1.54, 1.807) is 19.4 Å². The van der Waals surface area contributed by atoms with Crippen LogP contribution < -0.4 is 10.1 Å². The molecule has 0 amide bonds. The molecule has 4 heteroatoms. The molecule has 1 aromatic rings. The third-order valence-electron chi connectivity index (χ3n) is 1.51. The van der Waals surface area contributed by atoms with Crippen LogP contribution in [0.3, 0.4) is 0 Å². The van der Waals surface area contributed by atoms with Crippen LogP contribution in [0.15, 0.2) is 12.3 Å². The monoisotopic (exact) mass is 181 g/mol. The molecule has 0 saturated carbocycles. The van der Waals surface area contributed by atoms with E-state index >= 15 is 0 Å². The Kier molecular flexibility index (Phi) is 3.49. The summed E-state index contributed by atoms with van der Waals surface area (Å²) in [6.07, 6.45) is 1.68. The van der Waals surface area contributed by atoms with E-state index in [-0.39, 0.29) is 0 Å². The Balaban J connectivity index is 2.56. The normalized spacial score (nSPS) is 10.2. The van der Waals surface area contributed by atoms with Crippen molar-refractivity contribution in [2.45, 2.75) is 13.8 Å². The summed E-state index contributed by atoms with van der Waals surface area (Å²) in [4.78, 5) is 8.18. The summed E-state index contributed by atoms with van der Waals surface area (Å²) in [5, 5.41) is 3.12. The van der Waals surface area contributed by atoms with Crippen LogP contribution in [0.4, 0.5) is 5.95 Å². The number of nitrogens with zero attached hydrogens (tertiary/aromatic N) is 2. The Morgan fingerprint density at radius 3 is 2.92 bits per heavy atom. The van der Waals surface area contributed by atoms with E-state index in [4.69, 9.17) is 4.74 Å². The minimum Gasteiger partial charge on any atom is -0.481 e. The molecule has 1 aromatic heterocycles. The lowest BCUT2D eigenvalue weighted by atomic mass is 10.2. The van der Waals surface area contributed by atoms with Crippen LogP contribution in [0.1, 0.15) is 13.8 Å².